The molecule has 2 bridgehead atoms. The molecule has 1 aliphatic heterocycles. The fraction of sp³-hybridized carbons (Fsp3) is 0.333. The maximum Gasteiger partial charge on any atom is 0.338 e. The lowest BCUT2D eigenvalue weighted by Gasteiger charge is -2.28. The van der Waals surface area contributed by atoms with E-state index in [4.69, 9.17) is 51.1 Å². The van der Waals surface area contributed by atoms with E-state index in [1.807, 2.05) is 0 Å². The predicted molar refractivity (Wildman–Crippen MR) is 132 cm³/mol. The number of nitrogens with one attached hydrogen (secondary N) is 1. The van der Waals surface area contributed by atoms with E-state index in [2.05, 4.69) is 5.32 Å². The summed E-state index contributed by atoms with van der Waals surface area (Å²) < 4.78 is 5.06. The number of nitrogens with zero attached hydrogens (tertiary/aromatic N) is 1. The van der Waals surface area contributed by atoms with E-state index in [9.17, 15) is 19.2 Å². The maximum absolute atomic E-state index is 13.1. The molecule has 3 aliphatic rings. The number of ether oxygens (including phenoxy) is 1. The van der Waals surface area contributed by atoms with Crippen molar-refractivity contribution < 1.29 is 23.9 Å². The van der Waals surface area contributed by atoms with Gasteiger partial charge in [0.2, 0.25) is 11.8 Å². The summed E-state index contributed by atoms with van der Waals surface area (Å²) in [6.45, 7) is -0.544. The Bertz CT molecular complexity index is 1200. The van der Waals surface area contributed by atoms with Gasteiger partial charge in [0, 0.05) is 0 Å². The van der Waals surface area contributed by atoms with Crippen LogP contribution in [0.3, 0.4) is 0 Å². The first-order chi connectivity index (χ1) is 16.7. The van der Waals surface area contributed by atoms with Gasteiger partial charge in [-0.05, 0) is 54.7 Å². The second kappa shape index (κ2) is 9.28. The number of fused-ring (bicyclic) bond motifs is 5. The van der Waals surface area contributed by atoms with Gasteiger partial charge in [-0.15, -0.1) is 23.2 Å². The summed E-state index contributed by atoms with van der Waals surface area (Å²) in [5.74, 6) is -3.05. The number of esters is 1. The Morgan fingerprint density at radius 2 is 1.54 bits per heavy atom. The molecule has 0 unspecified atom stereocenters. The standard InChI is InChI=1S/C24H18Cl4N2O5/c25-14-2-1-3-15(21(14)28)29-16(31)9-35-24(34)10-4-6-11(7-5-10)30-22(32)17-12-8-13(18(17)23(30)33)20(27)19(12)26/h1-7,12-13,17-20H,8-9H2,(H,29,31)/t12-,13-,17-,18-,19+,20+/m1/s1. The Kier molecular flexibility index (Phi) is 6.46. The van der Waals surface area contributed by atoms with Crippen LogP contribution in [-0.4, -0.2) is 41.1 Å². The maximum atomic E-state index is 13.1. The van der Waals surface area contributed by atoms with E-state index in [0.29, 0.717) is 17.8 Å². The third-order valence-corrected chi connectivity index (χ3v) is 9.05. The molecule has 6 atom stereocenters. The number of amides is 3. The van der Waals surface area contributed by atoms with Crippen LogP contribution < -0.4 is 10.2 Å². The normalized spacial score (nSPS) is 28.9. The number of benzene rings is 2. The predicted octanol–water partition coefficient (Wildman–Crippen LogP) is 4.76. The molecular weight excluding hydrogens is 538 g/mol. The number of anilines is 2. The summed E-state index contributed by atoms with van der Waals surface area (Å²) in [6, 6.07) is 10.6. The summed E-state index contributed by atoms with van der Waals surface area (Å²) >= 11 is 24.7. The summed E-state index contributed by atoms with van der Waals surface area (Å²) in [5, 5.41) is 2.31. The Balaban J connectivity index is 1.22. The molecule has 2 aromatic rings. The zero-order chi connectivity index (χ0) is 25.0. The average Bonchev–Trinajstić information content (AvgIpc) is 3.45. The summed E-state index contributed by atoms with van der Waals surface area (Å²) in [6.07, 6.45) is 0.685. The number of hydrogen-bond acceptors (Lipinski definition) is 5. The van der Waals surface area contributed by atoms with E-state index in [1.165, 1.54) is 24.3 Å². The van der Waals surface area contributed by atoms with Crippen LogP contribution in [0, 0.1) is 23.7 Å². The molecule has 35 heavy (non-hydrogen) atoms. The molecule has 2 aliphatic carbocycles. The topological polar surface area (TPSA) is 92.8 Å². The molecule has 0 radical (unpaired) electrons. The highest BCUT2D eigenvalue weighted by Gasteiger charge is 2.66. The van der Waals surface area contributed by atoms with Crippen molar-refractivity contribution >= 4 is 81.5 Å². The third-order valence-electron chi connectivity index (χ3n) is 6.91. The van der Waals surface area contributed by atoms with Crippen molar-refractivity contribution in [1.29, 1.82) is 0 Å². The zero-order valence-electron chi connectivity index (χ0n) is 17.9. The Morgan fingerprint density at radius 1 is 0.943 bits per heavy atom. The highest BCUT2D eigenvalue weighted by Crippen LogP contribution is 2.59. The summed E-state index contributed by atoms with van der Waals surface area (Å²) in [7, 11) is 0. The molecule has 1 heterocycles. The van der Waals surface area contributed by atoms with Gasteiger partial charge in [-0.25, -0.2) is 4.79 Å². The van der Waals surface area contributed by atoms with E-state index >= 15 is 0 Å². The molecular formula is C24H18Cl4N2O5. The van der Waals surface area contributed by atoms with Crippen molar-refractivity contribution in [3.05, 3.63) is 58.1 Å². The van der Waals surface area contributed by atoms with Crippen LogP contribution in [0.1, 0.15) is 16.8 Å². The van der Waals surface area contributed by atoms with E-state index in [1.54, 1.807) is 18.2 Å². The number of carbonyl (C=O) groups excluding carboxylic acids is 4. The molecule has 3 fully saturated rings. The lowest BCUT2D eigenvalue weighted by atomic mass is 9.80. The number of imide groups is 1. The van der Waals surface area contributed by atoms with Gasteiger partial charge >= 0.3 is 5.97 Å². The molecule has 0 aromatic heterocycles. The molecule has 11 heteroatoms. The van der Waals surface area contributed by atoms with Crippen molar-refractivity contribution in [2.75, 3.05) is 16.8 Å². The quantitative estimate of drug-likeness (QED) is 0.326. The Morgan fingerprint density at radius 3 is 2.14 bits per heavy atom. The van der Waals surface area contributed by atoms with Gasteiger partial charge in [0.15, 0.2) is 6.61 Å². The second-order valence-corrected chi connectivity index (χ2v) is 10.6. The van der Waals surface area contributed by atoms with Gasteiger partial charge in [0.25, 0.3) is 5.91 Å². The molecule has 182 valence electrons. The summed E-state index contributed by atoms with van der Waals surface area (Å²) in [5.41, 5.74) is 0.808. The van der Waals surface area contributed by atoms with Crippen molar-refractivity contribution in [2.24, 2.45) is 23.7 Å². The SMILES string of the molecule is O=C(COC(=O)c1ccc(N2C(=O)[C@@H]3[C@H]4C[C@@H]([C@H](Cl)[C@H]4Cl)[C@H]3C2=O)cc1)Nc1cccc(Cl)c1Cl. The third kappa shape index (κ3) is 4.08. The highest BCUT2D eigenvalue weighted by atomic mass is 35.5. The fourth-order valence-corrected chi connectivity index (χ4v) is 6.59. The first kappa shape index (κ1) is 24.4. The van der Waals surface area contributed by atoms with Crippen LogP contribution in [0.25, 0.3) is 0 Å². The van der Waals surface area contributed by atoms with Crippen LogP contribution >= 0.6 is 46.4 Å². The second-order valence-electron chi connectivity index (χ2n) is 8.79. The van der Waals surface area contributed by atoms with Crippen molar-refractivity contribution in [3.63, 3.8) is 0 Å². The van der Waals surface area contributed by atoms with Crippen molar-refractivity contribution in [1.82, 2.24) is 0 Å². The van der Waals surface area contributed by atoms with E-state index < -0.39 is 30.3 Å². The van der Waals surface area contributed by atoms with Crippen LogP contribution in [0.5, 0.6) is 0 Å². The molecule has 5 rings (SSSR count). The molecule has 2 saturated carbocycles. The van der Waals surface area contributed by atoms with Gasteiger partial charge in [0.05, 0.1) is 49.6 Å². The molecule has 1 N–H and O–H groups in total. The molecule has 1 saturated heterocycles. The number of carbonyl (C=O) groups is 4. The van der Waals surface area contributed by atoms with Crippen LogP contribution in [0.4, 0.5) is 11.4 Å². The lowest BCUT2D eigenvalue weighted by Crippen LogP contribution is -2.37. The van der Waals surface area contributed by atoms with Crippen LogP contribution in [0.15, 0.2) is 42.5 Å². The lowest BCUT2D eigenvalue weighted by molar-refractivity contribution is -0.123. The minimum Gasteiger partial charge on any atom is -0.452 e. The molecule has 3 amide bonds. The molecule has 2 aromatic carbocycles. The van der Waals surface area contributed by atoms with Crippen molar-refractivity contribution in [3.8, 4) is 0 Å². The first-order valence-corrected chi connectivity index (χ1v) is 12.5. The number of halogens is 4. The van der Waals surface area contributed by atoms with Crippen molar-refractivity contribution in [2.45, 2.75) is 17.2 Å². The minimum absolute atomic E-state index is 0.113. The number of rotatable bonds is 5. The first-order valence-electron chi connectivity index (χ1n) is 10.9. The number of hydrogen-bond donors (Lipinski definition) is 1. The molecule has 0 spiro atoms. The van der Waals surface area contributed by atoms with Gasteiger partial charge in [-0.2, -0.15) is 0 Å². The monoisotopic (exact) mass is 554 g/mol. The van der Waals surface area contributed by atoms with E-state index in [0.717, 1.165) is 4.90 Å². The zero-order valence-corrected chi connectivity index (χ0v) is 20.9. The Hall–Kier alpha value is -2.32. The minimum atomic E-state index is -0.743. The smallest absolute Gasteiger partial charge is 0.338 e. The molecule has 7 nitrogen and oxygen atoms in total. The summed E-state index contributed by atoms with van der Waals surface area (Å²) in [4.78, 5) is 51.8. The van der Waals surface area contributed by atoms with Gasteiger partial charge < -0.3 is 10.1 Å². The Labute approximate surface area is 220 Å². The largest absolute Gasteiger partial charge is 0.452 e. The van der Waals surface area contributed by atoms with Crippen LogP contribution in [-0.2, 0) is 19.1 Å². The van der Waals surface area contributed by atoms with Gasteiger partial charge in [0.1, 0.15) is 0 Å². The average molecular weight is 556 g/mol. The fourth-order valence-electron chi connectivity index (χ4n) is 5.35. The van der Waals surface area contributed by atoms with E-state index in [-0.39, 0.29) is 50.0 Å². The van der Waals surface area contributed by atoms with Gasteiger partial charge in [-0.3, -0.25) is 19.3 Å². The van der Waals surface area contributed by atoms with Crippen LogP contribution in [0.2, 0.25) is 10.0 Å². The highest BCUT2D eigenvalue weighted by molar-refractivity contribution is 6.44. The number of alkyl halides is 2. The van der Waals surface area contributed by atoms with Gasteiger partial charge in [-0.1, -0.05) is 29.3 Å².